The molecule has 0 saturated heterocycles. The first-order valence-electron chi connectivity index (χ1n) is 7.92. The molecule has 0 fully saturated rings. The van der Waals surface area contributed by atoms with Crippen LogP contribution >= 0.6 is 7.80 Å². The Kier molecular flexibility index (Phi) is 5.25. The lowest BCUT2D eigenvalue weighted by Crippen LogP contribution is -2.06. The van der Waals surface area contributed by atoms with Gasteiger partial charge >= 0.3 is 0 Å². The summed E-state index contributed by atoms with van der Waals surface area (Å²) < 4.78 is 12.6. The zero-order valence-electron chi connectivity index (χ0n) is 15.0. The smallest absolute Gasteiger partial charge is 0.226 e. The Morgan fingerprint density at radius 2 is 0.875 bits per heavy atom. The van der Waals surface area contributed by atoms with Crippen molar-refractivity contribution < 1.29 is 14.2 Å². The van der Waals surface area contributed by atoms with Crippen LogP contribution in [0.3, 0.4) is 0 Å². The minimum Gasteiger partial charge on any atom is -0.310 e. The van der Waals surface area contributed by atoms with E-state index in [2.05, 4.69) is 0 Å². The van der Waals surface area contributed by atoms with Gasteiger partial charge in [0, 0.05) is 11.1 Å². The van der Waals surface area contributed by atoms with E-state index in [1.807, 2.05) is 39.8 Å². The molecular formula is C20H23O3P. The van der Waals surface area contributed by atoms with E-state index >= 15 is 0 Å². The molecule has 0 unspecified atom stereocenters. The number of carbonyl (C=O) groups excluding carboxylic acids is 2. The van der Waals surface area contributed by atoms with Crippen LogP contribution in [0.5, 0.6) is 0 Å². The van der Waals surface area contributed by atoms with Crippen LogP contribution in [0.2, 0.25) is 0 Å². The average Bonchev–Trinajstić information content (AvgIpc) is 2.52. The summed E-state index contributed by atoms with van der Waals surface area (Å²) in [6.45, 7) is 11.3. The molecule has 2 aromatic rings. The first kappa shape index (κ1) is 18.4. The van der Waals surface area contributed by atoms with Crippen molar-refractivity contribution in [3.05, 3.63) is 68.8 Å². The molecular weight excluding hydrogens is 319 g/mol. The molecule has 0 aliphatic carbocycles. The summed E-state index contributed by atoms with van der Waals surface area (Å²) in [5.41, 5.74) is 5.22. The quantitative estimate of drug-likeness (QED) is 0.728. The fourth-order valence-corrected chi connectivity index (χ4v) is 3.99. The Labute approximate surface area is 143 Å². The van der Waals surface area contributed by atoms with Crippen LogP contribution in [-0.2, 0) is 4.57 Å². The summed E-state index contributed by atoms with van der Waals surface area (Å²) in [6, 6.07) is 7.25. The number of hydrogen-bond donors (Lipinski definition) is 0. The monoisotopic (exact) mass is 342 g/mol. The van der Waals surface area contributed by atoms with Crippen molar-refractivity contribution in [3.63, 3.8) is 0 Å². The molecule has 24 heavy (non-hydrogen) atoms. The van der Waals surface area contributed by atoms with E-state index in [4.69, 9.17) is 0 Å². The number of benzene rings is 2. The minimum atomic E-state index is -3.08. The maximum atomic E-state index is 12.6. The molecule has 0 radical (unpaired) electrons. The van der Waals surface area contributed by atoms with Gasteiger partial charge in [-0.05, 0) is 87.1 Å². The molecule has 0 bridgehead atoms. The van der Waals surface area contributed by atoms with E-state index < -0.39 is 18.8 Å². The lowest BCUT2D eigenvalue weighted by molar-refractivity contribution is 0.104. The van der Waals surface area contributed by atoms with Gasteiger partial charge in [-0.2, -0.15) is 0 Å². The normalized spacial score (nSPS) is 11.0. The number of aryl methyl sites for hydroxylation is 6. The van der Waals surface area contributed by atoms with Crippen LogP contribution in [0.25, 0.3) is 0 Å². The minimum absolute atomic E-state index is 0.386. The Morgan fingerprint density at radius 1 is 0.583 bits per heavy atom. The standard InChI is InChI=1S/C20H23O3P/c1-11-7-15(5)17(9-13(11)3)19(21)24(23)20(22)18-10-14(4)12(2)8-16(18)6/h7-10,24H,1-6H3. The largest absolute Gasteiger partial charge is 0.310 e. The van der Waals surface area contributed by atoms with Gasteiger partial charge in [0.1, 0.15) is 0 Å². The van der Waals surface area contributed by atoms with Gasteiger partial charge in [-0.25, -0.2) is 0 Å². The highest BCUT2D eigenvalue weighted by Crippen LogP contribution is 2.35. The van der Waals surface area contributed by atoms with E-state index in [1.165, 1.54) is 0 Å². The van der Waals surface area contributed by atoms with Crippen LogP contribution in [-0.4, -0.2) is 11.0 Å². The molecule has 0 heterocycles. The predicted octanol–water partition coefficient (Wildman–Crippen LogP) is 5.08. The fraction of sp³-hybridized carbons (Fsp3) is 0.300. The Morgan fingerprint density at radius 3 is 1.21 bits per heavy atom. The third-order valence-corrected chi connectivity index (χ3v) is 5.95. The second kappa shape index (κ2) is 6.86. The first-order valence-corrected chi connectivity index (χ1v) is 9.33. The first-order chi connectivity index (χ1) is 11.1. The van der Waals surface area contributed by atoms with Crippen LogP contribution in [0, 0.1) is 41.5 Å². The Balaban J connectivity index is 2.42. The van der Waals surface area contributed by atoms with Gasteiger partial charge in [0.25, 0.3) is 0 Å². The second-order valence-electron chi connectivity index (χ2n) is 6.49. The van der Waals surface area contributed by atoms with Crippen LogP contribution < -0.4 is 0 Å². The maximum Gasteiger partial charge on any atom is 0.226 e. The summed E-state index contributed by atoms with van der Waals surface area (Å²) in [5.74, 6) is 0. The molecule has 0 aliphatic rings. The topological polar surface area (TPSA) is 51.2 Å². The average molecular weight is 342 g/mol. The molecule has 0 aliphatic heterocycles. The Bertz CT molecular complexity index is 807. The van der Waals surface area contributed by atoms with E-state index in [9.17, 15) is 14.2 Å². The van der Waals surface area contributed by atoms with Crippen molar-refractivity contribution in [3.8, 4) is 0 Å². The lowest BCUT2D eigenvalue weighted by atomic mass is 10.0. The lowest BCUT2D eigenvalue weighted by Gasteiger charge is -2.11. The molecule has 0 spiro atoms. The number of carbonyl (C=O) groups is 2. The van der Waals surface area contributed by atoms with Crippen molar-refractivity contribution in [2.75, 3.05) is 0 Å². The highest BCUT2D eigenvalue weighted by Gasteiger charge is 2.26. The summed E-state index contributed by atoms with van der Waals surface area (Å²) in [6.07, 6.45) is 0. The molecule has 0 amide bonds. The van der Waals surface area contributed by atoms with Crippen LogP contribution in [0.1, 0.15) is 54.1 Å². The van der Waals surface area contributed by atoms with Crippen molar-refractivity contribution in [2.24, 2.45) is 0 Å². The molecule has 3 nitrogen and oxygen atoms in total. The van der Waals surface area contributed by atoms with Crippen molar-refractivity contribution >= 4 is 18.8 Å². The van der Waals surface area contributed by atoms with Crippen molar-refractivity contribution in [1.29, 1.82) is 0 Å². The molecule has 2 aromatic carbocycles. The molecule has 0 N–H and O–H groups in total. The number of rotatable bonds is 4. The van der Waals surface area contributed by atoms with E-state index in [0.29, 0.717) is 11.1 Å². The number of hydrogen-bond acceptors (Lipinski definition) is 3. The van der Waals surface area contributed by atoms with Gasteiger partial charge < -0.3 is 4.57 Å². The zero-order valence-corrected chi connectivity index (χ0v) is 16.0. The van der Waals surface area contributed by atoms with E-state index in [-0.39, 0.29) is 0 Å². The summed E-state index contributed by atoms with van der Waals surface area (Å²) in [4.78, 5) is 25.2. The highest BCUT2D eigenvalue weighted by molar-refractivity contribution is 7.80. The van der Waals surface area contributed by atoms with Gasteiger partial charge in [0.2, 0.25) is 18.8 Å². The van der Waals surface area contributed by atoms with E-state index in [0.717, 1.165) is 33.4 Å². The molecule has 0 saturated carbocycles. The van der Waals surface area contributed by atoms with Gasteiger partial charge in [-0.15, -0.1) is 0 Å². The molecule has 0 atom stereocenters. The molecule has 0 aromatic heterocycles. The highest BCUT2D eigenvalue weighted by atomic mass is 31.1. The van der Waals surface area contributed by atoms with Gasteiger partial charge in [-0.3, -0.25) is 9.59 Å². The molecule has 4 heteroatoms. The maximum absolute atomic E-state index is 12.6. The fourth-order valence-electron chi connectivity index (χ4n) is 2.76. The van der Waals surface area contributed by atoms with E-state index in [1.54, 1.807) is 26.0 Å². The second-order valence-corrected chi connectivity index (χ2v) is 8.06. The summed E-state index contributed by atoms with van der Waals surface area (Å²) in [7, 11) is -3.08. The summed E-state index contributed by atoms with van der Waals surface area (Å²) >= 11 is 0. The molecule has 2 rings (SSSR count). The van der Waals surface area contributed by atoms with Crippen molar-refractivity contribution in [1.82, 2.24) is 0 Å². The van der Waals surface area contributed by atoms with Gasteiger partial charge in [0.05, 0.1) is 0 Å². The zero-order chi connectivity index (χ0) is 18.2. The third-order valence-electron chi connectivity index (χ3n) is 4.58. The SMILES string of the molecule is Cc1cc(C)c(C(=O)[PH](=O)C(=O)c2cc(C)c(C)cc2C)cc1C. The van der Waals surface area contributed by atoms with Crippen LogP contribution in [0.15, 0.2) is 24.3 Å². The molecule has 126 valence electrons. The third kappa shape index (κ3) is 3.42. The van der Waals surface area contributed by atoms with Gasteiger partial charge in [-0.1, -0.05) is 12.1 Å². The van der Waals surface area contributed by atoms with Gasteiger partial charge in [0.15, 0.2) is 0 Å². The Hall–Kier alpha value is -1.99. The van der Waals surface area contributed by atoms with Crippen LogP contribution in [0.4, 0.5) is 0 Å². The van der Waals surface area contributed by atoms with Crippen molar-refractivity contribution in [2.45, 2.75) is 41.5 Å². The predicted molar refractivity (Wildman–Crippen MR) is 99.0 cm³/mol. The summed E-state index contributed by atoms with van der Waals surface area (Å²) in [5, 5.41) is 0.